The zero-order valence-electron chi connectivity index (χ0n) is 15.2. The highest BCUT2D eigenvalue weighted by Crippen LogP contribution is 2.21. The van der Waals surface area contributed by atoms with E-state index in [0.717, 1.165) is 6.07 Å². The van der Waals surface area contributed by atoms with Crippen LogP contribution in [-0.4, -0.2) is 27.3 Å². The molecule has 0 heterocycles. The molecule has 29 heavy (non-hydrogen) atoms. The number of carbonyl (C=O) groups excluding carboxylic acids is 2. The number of halogens is 1. The van der Waals surface area contributed by atoms with Gasteiger partial charge in [0.1, 0.15) is 16.5 Å². The average molecular weight is 414 g/mol. The monoisotopic (exact) mass is 414 g/mol. The molecule has 0 aliphatic rings. The normalized spacial score (nSPS) is 11.0. The number of benzene rings is 3. The van der Waals surface area contributed by atoms with E-state index < -0.39 is 21.9 Å². The van der Waals surface area contributed by atoms with Crippen LogP contribution in [0.25, 0.3) is 0 Å². The Balaban J connectivity index is 1.79. The van der Waals surface area contributed by atoms with Crippen LogP contribution in [0.3, 0.4) is 0 Å². The van der Waals surface area contributed by atoms with Crippen LogP contribution in [-0.2, 0) is 14.9 Å². The second kappa shape index (κ2) is 8.24. The van der Waals surface area contributed by atoms with E-state index in [-0.39, 0.29) is 27.6 Å². The first-order valence-electron chi connectivity index (χ1n) is 8.33. The summed E-state index contributed by atoms with van der Waals surface area (Å²) in [7, 11) is -3.01. The highest BCUT2D eigenvalue weighted by molar-refractivity contribution is 7.87. The standard InChI is InChI=1S/C21H15FO6S/c1-27-21(24)16-3-2-4-19(13-16)29(25,26)28-18-11-7-15(8-12-18)20(23)14-5-9-17(22)10-6-14/h2-13H,1H3. The van der Waals surface area contributed by atoms with Gasteiger partial charge in [0.2, 0.25) is 0 Å². The van der Waals surface area contributed by atoms with E-state index in [1.54, 1.807) is 0 Å². The Morgan fingerprint density at radius 1 is 0.828 bits per heavy atom. The van der Waals surface area contributed by atoms with Gasteiger partial charge in [-0.05, 0) is 66.7 Å². The minimum absolute atomic E-state index is 0.0101. The molecule has 0 atom stereocenters. The Hall–Kier alpha value is -3.52. The Morgan fingerprint density at radius 2 is 1.41 bits per heavy atom. The third kappa shape index (κ3) is 4.67. The molecular weight excluding hydrogens is 399 g/mol. The molecule has 0 aromatic heterocycles. The second-order valence-corrected chi connectivity index (χ2v) is 7.46. The number of carbonyl (C=O) groups is 2. The van der Waals surface area contributed by atoms with Crippen molar-refractivity contribution in [1.29, 1.82) is 0 Å². The van der Waals surface area contributed by atoms with Gasteiger partial charge in [0.25, 0.3) is 0 Å². The SMILES string of the molecule is COC(=O)c1cccc(S(=O)(=O)Oc2ccc(C(=O)c3ccc(F)cc3)cc2)c1. The summed E-state index contributed by atoms with van der Waals surface area (Å²) in [6.07, 6.45) is 0. The van der Waals surface area contributed by atoms with E-state index >= 15 is 0 Å². The maximum atomic E-state index is 13.0. The van der Waals surface area contributed by atoms with Crippen LogP contribution in [0.1, 0.15) is 26.3 Å². The molecule has 0 aliphatic heterocycles. The first kappa shape index (κ1) is 20.2. The molecule has 148 valence electrons. The lowest BCUT2D eigenvalue weighted by Gasteiger charge is -2.09. The van der Waals surface area contributed by atoms with Crippen molar-refractivity contribution in [3.8, 4) is 5.75 Å². The minimum Gasteiger partial charge on any atom is -0.465 e. The molecule has 0 unspecified atom stereocenters. The molecule has 0 bridgehead atoms. The highest BCUT2D eigenvalue weighted by atomic mass is 32.2. The van der Waals surface area contributed by atoms with Crippen molar-refractivity contribution in [3.05, 3.63) is 95.3 Å². The van der Waals surface area contributed by atoms with Gasteiger partial charge in [-0.25, -0.2) is 9.18 Å². The number of esters is 1. The lowest BCUT2D eigenvalue weighted by Crippen LogP contribution is -2.11. The van der Waals surface area contributed by atoms with Crippen molar-refractivity contribution < 1.29 is 31.3 Å². The van der Waals surface area contributed by atoms with Crippen LogP contribution in [0.15, 0.2) is 77.7 Å². The quantitative estimate of drug-likeness (QED) is 0.348. The Kier molecular flexibility index (Phi) is 5.74. The summed E-state index contributed by atoms with van der Waals surface area (Å²) >= 11 is 0. The summed E-state index contributed by atoms with van der Waals surface area (Å²) in [4.78, 5) is 23.7. The molecule has 0 fully saturated rings. The summed E-state index contributed by atoms with van der Waals surface area (Å²) in [6, 6.07) is 15.8. The maximum absolute atomic E-state index is 13.0. The molecule has 0 radical (unpaired) electrons. The molecule has 8 heteroatoms. The van der Waals surface area contributed by atoms with E-state index in [1.165, 1.54) is 73.8 Å². The van der Waals surface area contributed by atoms with E-state index in [2.05, 4.69) is 4.74 Å². The minimum atomic E-state index is -4.20. The first-order chi connectivity index (χ1) is 13.8. The average Bonchev–Trinajstić information content (AvgIpc) is 2.73. The predicted octanol–water partition coefficient (Wildman–Crippen LogP) is 3.61. The zero-order valence-corrected chi connectivity index (χ0v) is 16.0. The van der Waals surface area contributed by atoms with Gasteiger partial charge < -0.3 is 8.92 Å². The van der Waals surface area contributed by atoms with Gasteiger partial charge in [-0.2, -0.15) is 8.42 Å². The van der Waals surface area contributed by atoms with E-state index in [4.69, 9.17) is 4.18 Å². The molecule has 0 N–H and O–H groups in total. The van der Waals surface area contributed by atoms with Crippen molar-refractivity contribution in [3.63, 3.8) is 0 Å². The third-order valence-corrected chi connectivity index (χ3v) is 5.22. The van der Waals surface area contributed by atoms with Crippen molar-refractivity contribution in [1.82, 2.24) is 0 Å². The lowest BCUT2D eigenvalue weighted by atomic mass is 10.0. The largest absolute Gasteiger partial charge is 0.465 e. The van der Waals surface area contributed by atoms with E-state index in [1.807, 2.05) is 0 Å². The summed E-state index contributed by atoms with van der Waals surface area (Å²) < 4.78 is 47.5. The van der Waals surface area contributed by atoms with Crippen LogP contribution in [0, 0.1) is 5.82 Å². The highest BCUT2D eigenvalue weighted by Gasteiger charge is 2.19. The van der Waals surface area contributed by atoms with Gasteiger partial charge in [0, 0.05) is 11.1 Å². The van der Waals surface area contributed by atoms with Crippen molar-refractivity contribution >= 4 is 21.9 Å². The fraction of sp³-hybridized carbons (Fsp3) is 0.0476. The van der Waals surface area contributed by atoms with Gasteiger partial charge in [-0.15, -0.1) is 0 Å². The third-order valence-electron chi connectivity index (χ3n) is 3.97. The van der Waals surface area contributed by atoms with Crippen LogP contribution in [0.5, 0.6) is 5.75 Å². The van der Waals surface area contributed by atoms with Crippen molar-refractivity contribution in [2.24, 2.45) is 0 Å². The molecule has 0 saturated heterocycles. The number of rotatable bonds is 6. The lowest BCUT2D eigenvalue weighted by molar-refractivity contribution is 0.0600. The van der Waals surface area contributed by atoms with Crippen LogP contribution in [0.4, 0.5) is 4.39 Å². The van der Waals surface area contributed by atoms with Gasteiger partial charge >= 0.3 is 16.1 Å². The predicted molar refractivity (Wildman–Crippen MR) is 102 cm³/mol. The van der Waals surface area contributed by atoms with Crippen LogP contribution < -0.4 is 4.18 Å². The number of ether oxygens (including phenoxy) is 1. The number of methoxy groups -OCH3 is 1. The molecule has 3 aromatic carbocycles. The number of ketones is 1. The molecule has 6 nitrogen and oxygen atoms in total. The first-order valence-corrected chi connectivity index (χ1v) is 9.74. The topological polar surface area (TPSA) is 86.7 Å². The summed E-state index contributed by atoms with van der Waals surface area (Å²) in [5.74, 6) is -1.48. The van der Waals surface area contributed by atoms with E-state index in [0.29, 0.717) is 5.56 Å². The molecule has 0 amide bonds. The van der Waals surface area contributed by atoms with E-state index in [9.17, 15) is 22.4 Å². The molecular formula is C21H15FO6S. The Morgan fingerprint density at radius 3 is 2.00 bits per heavy atom. The number of hydrogen-bond donors (Lipinski definition) is 0. The summed E-state index contributed by atoms with van der Waals surface area (Å²) in [5.41, 5.74) is 0.652. The van der Waals surface area contributed by atoms with Gasteiger partial charge in [0.05, 0.1) is 12.7 Å². The fourth-order valence-corrected chi connectivity index (χ4v) is 3.48. The van der Waals surface area contributed by atoms with Gasteiger partial charge in [0.15, 0.2) is 5.78 Å². The summed E-state index contributed by atoms with van der Waals surface area (Å²) in [6.45, 7) is 0. The molecule has 3 aromatic rings. The second-order valence-electron chi connectivity index (χ2n) is 5.92. The number of hydrogen-bond acceptors (Lipinski definition) is 6. The van der Waals surface area contributed by atoms with Crippen LogP contribution >= 0.6 is 0 Å². The van der Waals surface area contributed by atoms with Gasteiger partial charge in [-0.1, -0.05) is 6.07 Å². The Labute approximate surface area is 166 Å². The molecule has 0 spiro atoms. The zero-order chi connectivity index (χ0) is 21.0. The van der Waals surface area contributed by atoms with Crippen molar-refractivity contribution in [2.45, 2.75) is 4.90 Å². The van der Waals surface area contributed by atoms with Gasteiger partial charge in [-0.3, -0.25) is 4.79 Å². The van der Waals surface area contributed by atoms with Crippen LogP contribution in [0.2, 0.25) is 0 Å². The maximum Gasteiger partial charge on any atom is 0.339 e. The smallest absolute Gasteiger partial charge is 0.339 e. The van der Waals surface area contributed by atoms with Crippen molar-refractivity contribution in [2.75, 3.05) is 7.11 Å². The molecule has 0 saturated carbocycles. The summed E-state index contributed by atoms with van der Waals surface area (Å²) in [5, 5.41) is 0. The fourth-order valence-electron chi connectivity index (χ4n) is 2.50. The molecule has 3 rings (SSSR count). The Bertz CT molecular complexity index is 1150. The molecule has 0 aliphatic carbocycles.